The lowest BCUT2D eigenvalue weighted by molar-refractivity contribution is -0.138. The Morgan fingerprint density at radius 2 is 1.82 bits per heavy atom. The second-order valence-corrected chi connectivity index (χ2v) is 8.46. The summed E-state index contributed by atoms with van der Waals surface area (Å²) >= 11 is 0. The maximum absolute atomic E-state index is 14.2. The Kier molecular flexibility index (Phi) is 4.93. The quantitative estimate of drug-likeness (QED) is 0.523. The Hall–Kier alpha value is -3.39. The van der Waals surface area contributed by atoms with Gasteiger partial charge in [-0.25, -0.2) is 4.39 Å². The highest BCUT2D eigenvalue weighted by atomic mass is 19.4. The molecule has 2 aliphatic rings. The fourth-order valence-corrected chi connectivity index (χ4v) is 4.51. The van der Waals surface area contributed by atoms with Crippen LogP contribution in [0.2, 0.25) is 0 Å². The molecule has 3 aromatic rings. The molecule has 1 amide bonds. The number of alkyl halides is 3. The standard InChI is InChI=1S/C25H20F4N2O2/c1-14-5-2-3-6-18(14)22-21-19(23(32)30-22)7-4-8-20(21)31-24(12-33-13-24)15-9-16(25(27,28)29)11-17(26)10-15/h2-11,22,31H,12-13H2,1H3,(H,30,32). The number of carbonyl (C=O) groups excluding carboxylic acids is 1. The van der Waals surface area contributed by atoms with Crippen molar-refractivity contribution in [1.29, 1.82) is 0 Å². The molecule has 0 saturated carbocycles. The number of benzene rings is 3. The zero-order valence-corrected chi connectivity index (χ0v) is 17.6. The summed E-state index contributed by atoms with van der Waals surface area (Å²) in [6, 6.07) is 15.0. The number of hydrogen-bond acceptors (Lipinski definition) is 3. The molecule has 0 aliphatic carbocycles. The van der Waals surface area contributed by atoms with Gasteiger partial charge in [0.25, 0.3) is 5.91 Å². The Balaban J connectivity index is 1.59. The Bertz CT molecular complexity index is 1250. The minimum absolute atomic E-state index is 0.0633. The number of nitrogens with one attached hydrogen (secondary N) is 2. The molecule has 8 heteroatoms. The maximum atomic E-state index is 14.2. The minimum atomic E-state index is -4.68. The molecule has 1 saturated heterocycles. The summed E-state index contributed by atoms with van der Waals surface area (Å²) in [5.41, 5.74) is 1.71. The molecule has 1 fully saturated rings. The van der Waals surface area contributed by atoms with E-state index in [1.54, 1.807) is 18.2 Å². The van der Waals surface area contributed by atoms with Crippen molar-refractivity contribution in [2.75, 3.05) is 18.5 Å². The molecule has 0 bridgehead atoms. The predicted octanol–water partition coefficient (Wildman–Crippen LogP) is 5.32. The zero-order valence-electron chi connectivity index (χ0n) is 17.6. The summed E-state index contributed by atoms with van der Waals surface area (Å²) in [6.07, 6.45) is -4.68. The van der Waals surface area contributed by atoms with Gasteiger partial charge in [-0.15, -0.1) is 0 Å². The normalized spacial score (nSPS) is 18.9. The SMILES string of the molecule is Cc1ccccc1C1NC(=O)c2cccc(NC3(c4cc(F)cc(C(F)(F)F)c4)COC3)c21. The van der Waals surface area contributed by atoms with Crippen LogP contribution in [0, 0.1) is 12.7 Å². The lowest BCUT2D eigenvalue weighted by Gasteiger charge is -2.44. The van der Waals surface area contributed by atoms with Crippen LogP contribution in [-0.4, -0.2) is 19.1 Å². The fourth-order valence-electron chi connectivity index (χ4n) is 4.51. The average Bonchev–Trinajstić information content (AvgIpc) is 3.07. The number of ether oxygens (including phenoxy) is 1. The molecular weight excluding hydrogens is 436 g/mol. The fraction of sp³-hybridized carbons (Fsp3) is 0.240. The molecule has 0 aromatic heterocycles. The molecule has 5 rings (SSSR count). The molecule has 3 aromatic carbocycles. The van der Waals surface area contributed by atoms with Gasteiger partial charge in [0.05, 0.1) is 24.8 Å². The number of hydrogen-bond donors (Lipinski definition) is 2. The molecule has 1 unspecified atom stereocenters. The molecule has 4 nitrogen and oxygen atoms in total. The van der Waals surface area contributed by atoms with Crippen LogP contribution in [0.5, 0.6) is 0 Å². The number of aryl methyl sites for hydroxylation is 1. The van der Waals surface area contributed by atoms with Gasteiger partial charge in [0.15, 0.2) is 0 Å². The third kappa shape index (κ3) is 3.64. The summed E-state index contributed by atoms with van der Waals surface area (Å²) < 4.78 is 59.5. The van der Waals surface area contributed by atoms with Crippen LogP contribution >= 0.6 is 0 Å². The van der Waals surface area contributed by atoms with Crippen molar-refractivity contribution in [1.82, 2.24) is 5.32 Å². The second kappa shape index (κ2) is 7.59. The summed E-state index contributed by atoms with van der Waals surface area (Å²) in [4.78, 5) is 12.7. The van der Waals surface area contributed by atoms with Gasteiger partial charge in [-0.2, -0.15) is 13.2 Å². The number of amides is 1. The Morgan fingerprint density at radius 1 is 1.06 bits per heavy atom. The number of halogens is 4. The Labute approximate surface area is 187 Å². The topological polar surface area (TPSA) is 50.4 Å². The van der Waals surface area contributed by atoms with Gasteiger partial charge in [-0.3, -0.25) is 4.79 Å². The molecule has 1 atom stereocenters. The molecule has 2 heterocycles. The van der Waals surface area contributed by atoms with Crippen LogP contribution < -0.4 is 10.6 Å². The van der Waals surface area contributed by atoms with Crippen LogP contribution in [0.4, 0.5) is 23.2 Å². The van der Waals surface area contributed by atoms with Gasteiger partial charge >= 0.3 is 6.18 Å². The van der Waals surface area contributed by atoms with E-state index in [0.717, 1.165) is 23.3 Å². The van der Waals surface area contributed by atoms with Crippen molar-refractivity contribution in [3.8, 4) is 0 Å². The molecule has 33 heavy (non-hydrogen) atoms. The maximum Gasteiger partial charge on any atom is 0.416 e. The first kappa shape index (κ1) is 21.5. The monoisotopic (exact) mass is 456 g/mol. The predicted molar refractivity (Wildman–Crippen MR) is 114 cm³/mol. The first-order valence-corrected chi connectivity index (χ1v) is 10.4. The third-order valence-electron chi connectivity index (χ3n) is 6.26. The van der Waals surface area contributed by atoms with Crippen LogP contribution in [0.3, 0.4) is 0 Å². The Morgan fingerprint density at radius 3 is 2.48 bits per heavy atom. The summed E-state index contributed by atoms with van der Waals surface area (Å²) in [6.45, 7) is 2.07. The molecular formula is C25H20F4N2O2. The highest BCUT2D eigenvalue weighted by Crippen LogP contribution is 2.42. The summed E-state index contributed by atoms with van der Waals surface area (Å²) in [5.74, 6) is -1.20. The van der Waals surface area contributed by atoms with Crippen LogP contribution in [0.1, 0.15) is 44.2 Å². The van der Waals surface area contributed by atoms with Gasteiger partial charge < -0.3 is 15.4 Å². The van der Waals surface area contributed by atoms with Crippen molar-refractivity contribution < 1.29 is 27.1 Å². The number of anilines is 1. The second-order valence-electron chi connectivity index (χ2n) is 8.46. The average molecular weight is 456 g/mol. The smallest absolute Gasteiger partial charge is 0.376 e. The van der Waals surface area contributed by atoms with E-state index >= 15 is 0 Å². The molecule has 0 spiro atoms. The van der Waals surface area contributed by atoms with Gasteiger partial charge in [0.2, 0.25) is 0 Å². The summed E-state index contributed by atoms with van der Waals surface area (Å²) in [7, 11) is 0. The van der Waals surface area contributed by atoms with Gasteiger partial charge in [0, 0.05) is 16.8 Å². The van der Waals surface area contributed by atoms with E-state index in [-0.39, 0.29) is 24.7 Å². The van der Waals surface area contributed by atoms with Crippen molar-refractivity contribution in [2.24, 2.45) is 0 Å². The van der Waals surface area contributed by atoms with Gasteiger partial charge in [-0.1, -0.05) is 30.3 Å². The van der Waals surface area contributed by atoms with E-state index in [1.165, 1.54) is 0 Å². The van der Waals surface area contributed by atoms with Crippen molar-refractivity contribution in [2.45, 2.75) is 24.7 Å². The first-order chi connectivity index (χ1) is 15.7. The van der Waals surface area contributed by atoms with Gasteiger partial charge in [-0.05, 0) is 53.9 Å². The van der Waals surface area contributed by atoms with Crippen molar-refractivity contribution in [3.63, 3.8) is 0 Å². The van der Waals surface area contributed by atoms with Crippen LogP contribution in [0.25, 0.3) is 0 Å². The number of carbonyl (C=O) groups is 1. The third-order valence-corrected chi connectivity index (χ3v) is 6.26. The molecule has 170 valence electrons. The van der Waals surface area contributed by atoms with Crippen LogP contribution in [0.15, 0.2) is 60.7 Å². The minimum Gasteiger partial charge on any atom is -0.376 e. The van der Waals surface area contributed by atoms with E-state index in [1.807, 2.05) is 31.2 Å². The van der Waals surface area contributed by atoms with Crippen LogP contribution in [-0.2, 0) is 16.5 Å². The zero-order chi connectivity index (χ0) is 23.4. The highest BCUT2D eigenvalue weighted by Gasteiger charge is 2.44. The van der Waals surface area contributed by atoms with Gasteiger partial charge in [0.1, 0.15) is 11.4 Å². The number of fused-ring (bicyclic) bond motifs is 1. The summed E-state index contributed by atoms with van der Waals surface area (Å²) in [5, 5.41) is 6.30. The van der Waals surface area contributed by atoms with E-state index in [9.17, 15) is 22.4 Å². The highest BCUT2D eigenvalue weighted by molar-refractivity contribution is 6.01. The van der Waals surface area contributed by atoms with Crippen molar-refractivity contribution in [3.05, 3.63) is 99.9 Å². The molecule has 2 N–H and O–H groups in total. The lowest BCUT2D eigenvalue weighted by atomic mass is 9.85. The van der Waals surface area contributed by atoms with E-state index < -0.39 is 29.1 Å². The van der Waals surface area contributed by atoms with E-state index in [0.29, 0.717) is 22.9 Å². The number of rotatable bonds is 4. The largest absolute Gasteiger partial charge is 0.416 e. The van der Waals surface area contributed by atoms with E-state index in [2.05, 4.69) is 10.6 Å². The van der Waals surface area contributed by atoms with E-state index in [4.69, 9.17) is 4.74 Å². The van der Waals surface area contributed by atoms with Crippen molar-refractivity contribution >= 4 is 11.6 Å². The molecule has 0 radical (unpaired) electrons. The lowest BCUT2D eigenvalue weighted by Crippen LogP contribution is -2.53. The first-order valence-electron chi connectivity index (χ1n) is 10.4. The molecule has 2 aliphatic heterocycles.